The number of H-pyrrole nitrogens is 1. The number of nitriles is 2. The van der Waals surface area contributed by atoms with E-state index >= 15 is 0 Å². The lowest BCUT2D eigenvalue weighted by molar-refractivity contribution is 0.628. The van der Waals surface area contributed by atoms with E-state index in [9.17, 15) is 9.65 Å². The molecule has 2 aromatic carbocycles. The third kappa shape index (κ3) is 4.02. The second-order valence-corrected chi connectivity index (χ2v) is 7.11. The highest BCUT2D eigenvalue weighted by Crippen LogP contribution is 2.35. The molecule has 0 saturated heterocycles. The molecular weight excluding hydrogens is 417 g/mol. The van der Waals surface area contributed by atoms with Crippen molar-refractivity contribution in [1.29, 1.82) is 10.5 Å². The van der Waals surface area contributed by atoms with Gasteiger partial charge in [0.05, 0.1) is 24.4 Å². The molecule has 2 aromatic heterocycles. The summed E-state index contributed by atoms with van der Waals surface area (Å²) in [6.45, 7) is 0.465. The molecule has 0 aliphatic heterocycles. The molecule has 31 heavy (non-hydrogen) atoms. The van der Waals surface area contributed by atoms with Crippen LogP contribution in [0.25, 0.3) is 22.3 Å². The average molecular weight is 432 g/mol. The predicted octanol–water partition coefficient (Wildman–Crippen LogP) is 4.40. The molecule has 0 aliphatic rings. The molecule has 2 N–H and O–H groups in total. The Bertz CT molecular complexity index is 1350. The smallest absolute Gasteiger partial charge is 0.182 e. The highest BCUT2D eigenvalue weighted by molar-refractivity contribution is 6.31. The van der Waals surface area contributed by atoms with E-state index < -0.39 is 5.82 Å². The van der Waals surface area contributed by atoms with E-state index in [1.54, 1.807) is 24.5 Å². The van der Waals surface area contributed by atoms with Crippen molar-refractivity contribution in [3.8, 4) is 23.3 Å². The maximum atomic E-state index is 13.9. The Balaban J connectivity index is 1.72. The number of halogens is 2. The maximum absolute atomic E-state index is 13.9. The van der Waals surface area contributed by atoms with Crippen molar-refractivity contribution in [2.45, 2.75) is 12.8 Å². The van der Waals surface area contributed by atoms with E-state index in [0.29, 0.717) is 51.7 Å². The third-order valence-corrected chi connectivity index (χ3v) is 5.19. The van der Waals surface area contributed by atoms with E-state index in [1.165, 1.54) is 18.5 Å². The van der Waals surface area contributed by atoms with Crippen molar-refractivity contribution in [3.05, 3.63) is 70.5 Å². The zero-order valence-electron chi connectivity index (χ0n) is 16.2. The zero-order valence-corrected chi connectivity index (χ0v) is 16.9. The van der Waals surface area contributed by atoms with Gasteiger partial charge >= 0.3 is 0 Å². The van der Waals surface area contributed by atoms with Crippen molar-refractivity contribution >= 4 is 28.6 Å². The largest absolute Gasteiger partial charge is 0.368 e. The highest BCUT2D eigenvalue weighted by Gasteiger charge is 2.19. The van der Waals surface area contributed by atoms with Crippen LogP contribution in [0.2, 0.25) is 5.02 Å². The number of aromatic nitrogens is 4. The van der Waals surface area contributed by atoms with Gasteiger partial charge in [-0.3, -0.25) is 0 Å². The summed E-state index contributed by atoms with van der Waals surface area (Å²) in [5, 5.41) is 22.6. The molecule has 9 heteroatoms. The fraction of sp³-hybridized carbons (Fsp3) is 0.136. The first-order valence-corrected chi connectivity index (χ1v) is 9.75. The molecule has 0 amide bonds. The molecule has 2 heterocycles. The first-order chi connectivity index (χ1) is 15.1. The summed E-state index contributed by atoms with van der Waals surface area (Å²) in [4.78, 5) is 15.4. The number of benzene rings is 2. The first kappa shape index (κ1) is 20.3. The van der Waals surface area contributed by atoms with Crippen LogP contribution >= 0.6 is 11.6 Å². The van der Waals surface area contributed by atoms with E-state index in [-0.39, 0.29) is 12.0 Å². The molecule has 7 nitrogen and oxygen atoms in total. The summed E-state index contributed by atoms with van der Waals surface area (Å²) < 4.78 is 13.9. The summed E-state index contributed by atoms with van der Waals surface area (Å²) >= 11 is 6.41. The van der Waals surface area contributed by atoms with Crippen molar-refractivity contribution in [2.75, 3.05) is 11.9 Å². The molecule has 4 rings (SSSR count). The number of anilines is 1. The fourth-order valence-corrected chi connectivity index (χ4v) is 3.80. The standard InChI is InChI=1S/C22H15ClFN7/c23-18-9-14(5-7-27-21-20-22(29-11-28-20)31-12-30-21)19(13-2-1-3-15(24)8-13)17(10-26)16(18)4-6-25/h1-3,8-9,11-12H,4-5,7H2,(H2,27,28,29,30,31). The van der Waals surface area contributed by atoms with Gasteiger partial charge in [-0.15, -0.1) is 0 Å². The van der Waals surface area contributed by atoms with Crippen LogP contribution in [-0.2, 0) is 12.8 Å². The van der Waals surface area contributed by atoms with Crippen LogP contribution in [0, 0.1) is 28.5 Å². The molecular formula is C22H15ClFN7. The number of hydrogen-bond donors (Lipinski definition) is 2. The van der Waals surface area contributed by atoms with E-state index in [4.69, 9.17) is 16.9 Å². The molecule has 0 atom stereocenters. The number of rotatable bonds is 6. The van der Waals surface area contributed by atoms with E-state index in [1.807, 2.05) is 6.07 Å². The predicted molar refractivity (Wildman–Crippen MR) is 115 cm³/mol. The molecule has 0 saturated carbocycles. The minimum atomic E-state index is -0.412. The number of imidazole rings is 1. The second-order valence-electron chi connectivity index (χ2n) is 6.70. The van der Waals surface area contributed by atoms with Gasteiger partial charge in [0.25, 0.3) is 0 Å². The summed E-state index contributed by atoms with van der Waals surface area (Å²) in [5.74, 6) is 0.187. The van der Waals surface area contributed by atoms with Crippen LogP contribution < -0.4 is 5.32 Å². The van der Waals surface area contributed by atoms with E-state index in [0.717, 1.165) is 5.56 Å². The van der Waals surface area contributed by atoms with Crippen LogP contribution in [0.15, 0.2) is 43.0 Å². The van der Waals surface area contributed by atoms with Gasteiger partial charge < -0.3 is 10.3 Å². The number of fused-ring (bicyclic) bond motifs is 1. The Hall–Kier alpha value is -4.01. The maximum Gasteiger partial charge on any atom is 0.182 e. The SMILES string of the molecule is N#CCc1c(Cl)cc(CCNc2ncnc3nc[nH]c23)c(-c2cccc(F)c2)c1C#N. The normalized spacial score (nSPS) is 10.6. The lowest BCUT2D eigenvalue weighted by Gasteiger charge is -2.17. The molecule has 4 aromatic rings. The van der Waals surface area contributed by atoms with Gasteiger partial charge in [-0.1, -0.05) is 23.7 Å². The van der Waals surface area contributed by atoms with Crippen LogP contribution in [-0.4, -0.2) is 26.5 Å². The Labute approximate surface area is 182 Å². The van der Waals surface area contributed by atoms with Gasteiger partial charge in [-0.2, -0.15) is 10.5 Å². The number of nitrogens with zero attached hydrogens (tertiary/aromatic N) is 5. The van der Waals surface area contributed by atoms with Crippen LogP contribution in [0.3, 0.4) is 0 Å². The molecule has 0 fully saturated rings. The summed E-state index contributed by atoms with van der Waals surface area (Å²) in [7, 11) is 0. The zero-order chi connectivity index (χ0) is 21.8. The van der Waals surface area contributed by atoms with E-state index in [2.05, 4.69) is 31.3 Å². The molecule has 0 radical (unpaired) electrons. The number of aromatic amines is 1. The third-order valence-electron chi connectivity index (χ3n) is 4.85. The van der Waals surface area contributed by atoms with Crippen LogP contribution in [0.4, 0.5) is 10.2 Å². The second kappa shape index (κ2) is 8.78. The number of hydrogen-bond acceptors (Lipinski definition) is 6. The summed E-state index contributed by atoms with van der Waals surface area (Å²) in [6.07, 6.45) is 3.43. The van der Waals surface area contributed by atoms with Crippen molar-refractivity contribution in [2.24, 2.45) is 0 Å². The van der Waals surface area contributed by atoms with Gasteiger partial charge in [-0.05, 0) is 35.7 Å². The highest BCUT2D eigenvalue weighted by atomic mass is 35.5. The first-order valence-electron chi connectivity index (χ1n) is 9.37. The lowest BCUT2D eigenvalue weighted by Crippen LogP contribution is -2.09. The quantitative estimate of drug-likeness (QED) is 0.467. The summed E-state index contributed by atoms with van der Waals surface area (Å²) in [6, 6.07) is 12.0. The number of nitrogens with one attached hydrogen (secondary N) is 2. The van der Waals surface area contributed by atoms with Crippen molar-refractivity contribution < 1.29 is 4.39 Å². The molecule has 0 bridgehead atoms. The Morgan fingerprint density at radius 3 is 2.81 bits per heavy atom. The van der Waals surface area contributed by atoms with Gasteiger partial charge in [0.2, 0.25) is 0 Å². The molecule has 152 valence electrons. The van der Waals surface area contributed by atoms with Gasteiger partial charge in [-0.25, -0.2) is 19.3 Å². The Kier molecular flexibility index (Phi) is 5.74. The minimum Gasteiger partial charge on any atom is -0.368 e. The van der Waals surface area contributed by atoms with Gasteiger partial charge in [0.1, 0.15) is 23.7 Å². The Morgan fingerprint density at radius 2 is 2.03 bits per heavy atom. The Morgan fingerprint density at radius 1 is 1.16 bits per heavy atom. The van der Waals surface area contributed by atoms with Crippen molar-refractivity contribution in [1.82, 2.24) is 19.9 Å². The molecule has 0 unspecified atom stereocenters. The van der Waals surface area contributed by atoms with Gasteiger partial charge in [0.15, 0.2) is 11.5 Å². The topological polar surface area (TPSA) is 114 Å². The van der Waals surface area contributed by atoms with Gasteiger partial charge in [0, 0.05) is 22.7 Å². The molecule has 0 spiro atoms. The van der Waals surface area contributed by atoms with Crippen LogP contribution in [0.1, 0.15) is 16.7 Å². The molecule has 0 aliphatic carbocycles. The van der Waals surface area contributed by atoms with Crippen LogP contribution in [0.5, 0.6) is 0 Å². The minimum absolute atomic E-state index is 0.0126. The monoisotopic (exact) mass is 431 g/mol. The van der Waals surface area contributed by atoms with Crippen molar-refractivity contribution in [3.63, 3.8) is 0 Å². The summed E-state index contributed by atoms with van der Waals surface area (Å²) in [5.41, 5.74) is 3.86. The average Bonchev–Trinajstić information content (AvgIpc) is 3.25. The fourth-order valence-electron chi connectivity index (χ4n) is 3.50. The lowest BCUT2D eigenvalue weighted by atomic mass is 9.89.